The topological polar surface area (TPSA) is 75.0 Å². The van der Waals surface area contributed by atoms with Crippen LogP contribution in [0.1, 0.15) is 73.5 Å². The number of fused-ring (bicyclic) bond motifs is 1. The Morgan fingerprint density at radius 2 is 1.84 bits per heavy atom. The molecule has 1 N–H and O–H groups in total. The average Bonchev–Trinajstić information content (AvgIpc) is 3.64. The highest BCUT2D eigenvalue weighted by Gasteiger charge is 2.32. The van der Waals surface area contributed by atoms with Gasteiger partial charge in [0.15, 0.2) is 0 Å². The normalized spacial score (nSPS) is 18.9. The lowest BCUT2D eigenvalue weighted by atomic mass is 9.83. The Hall–Kier alpha value is -2.84. The van der Waals surface area contributed by atoms with Crippen LogP contribution in [0, 0.1) is 0 Å². The van der Waals surface area contributed by atoms with Crippen molar-refractivity contribution in [3.63, 3.8) is 0 Å². The fraction of sp³-hybridized carbons (Fsp3) is 0.533. The first-order chi connectivity index (χ1) is 18.3. The summed E-state index contributed by atoms with van der Waals surface area (Å²) in [7, 11) is 3.58. The number of aromatic nitrogens is 1. The molecule has 1 saturated heterocycles. The molecule has 3 aromatic rings. The van der Waals surface area contributed by atoms with Gasteiger partial charge in [-0.15, -0.1) is 11.3 Å². The third-order valence-electron chi connectivity index (χ3n) is 8.52. The molecule has 1 aromatic carbocycles. The van der Waals surface area contributed by atoms with Crippen LogP contribution in [0.4, 0.5) is 0 Å². The van der Waals surface area contributed by atoms with Crippen molar-refractivity contribution in [2.24, 2.45) is 0 Å². The van der Waals surface area contributed by atoms with Crippen molar-refractivity contribution in [2.45, 2.75) is 76.9 Å². The van der Waals surface area contributed by atoms with Crippen molar-refractivity contribution in [1.29, 1.82) is 0 Å². The zero-order chi connectivity index (χ0) is 27.0. The number of amides is 1. The van der Waals surface area contributed by atoms with Gasteiger partial charge in [0.25, 0.3) is 0 Å². The lowest BCUT2D eigenvalue weighted by Crippen LogP contribution is -2.41. The number of rotatable bonds is 8. The molecule has 1 aliphatic heterocycles. The molecule has 38 heavy (non-hydrogen) atoms. The fourth-order valence-corrected chi connectivity index (χ4v) is 7.38. The van der Waals surface area contributed by atoms with Gasteiger partial charge in [0.1, 0.15) is 17.2 Å². The number of hydrogen-bond acceptors (Lipinski definition) is 5. The van der Waals surface area contributed by atoms with E-state index >= 15 is 0 Å². The number of aromatic carboxylic acids is 1. The number of methoxy groups -OCH3 is 1. The molecular formula is C30H39N3O4S. The lowest BCUT2D eigenvalue weighted by Gasteiger charge is -2.27. The van der Waals surface area contributed by atoms with Gasteiger partial charge >= 0.3 is 5.97 Å². The number of hydrogen-bond donors (Lipinski definition) is 1. The number of benzene rings is 1. The molecular weight excluding hydrogens is 498 g/mol. The van der Waals surface area contributed by atoms with Crippen molar-refractivity contribution in [3.8, 4) is 17.0 Å². The van der Waals surface area contributed by atoms with E-state index in [1.807, 2.05) is 24.1 Å². The molecule has 0 spiro atoms. The second-order valence-corrected chi connectivity index (χ2v) is 12.1. The van der Waals surface area contributed by atoms with Crippen LogP contribution in [0.5, 0.6) is 5.75 Å². The van der Waals surface area contributed by atoms with E-state index in [1.165, 1.54) is 36.2 Å². The molecule has 204 valence electrons. The van der Waals surface area contributed by atoms with Gasteiger partial charge in [0.2, 0.25) is 5.91 Å². The summed E-state index contributed by atoms with van der Waals surface area (Å²) in [6.45, 7) is 6.48. The molecule has 1 atom stereocenters. The van der Waals surface area contributed by atoms with Crippen LogP contribution in [-0.4, -0.2) is 70.7 Å². The van der Waals surface area contributed by atoms with E-state index in [9.17, 15) is 14.7 Å². The van der Waals surface area contributed by atoms with E-state index in [0.29, 0.717) is 16.8 Å². The Kier molecular flexibility index (Phi) is 7.82. The predicted molar refractivity (Wildman–Crippen MR) is 152 cm³/mol. The van der Waals surface area contributed by atoms with Gasteiger partial charge < -0.3 is 19.3 Å². The summed E-state index contributed by atoms with van der Waals surface area (Å²) in [6.07, 6.45) is 6.73. The van der Waals surface area contributed by atoms with E-state index in [1.54, 1.807) is 13.2 Å². The maximum Gasteiger partial charge on any atom is 0.345 e. The summed E-state index contributed by atoms with van der Waals surface area (Å²) in [5, 5.41) is 9.83. The SMILES string of the molecule is COc1ccc(-c2c(C3CCCCC3)c3sc(C(=O)O)cc3n2CC(=O)N(C)C2CCN(C(C)C)C2)cc1. The maximum atomic E-state index is 13.8. The van der Waals surface area contributed by atoms with E-state index in [-0.39, 0.29) is 18.5 Å². The van der Waals surface area contributed by atoms with Crippen molar-refractivity contribution < 1.29 is 19.4 Å². The zero-order valence-electron chi connectivity index (χ0n) is 22.9. The highest BCUT2D eigenvalue weighted by molar-refractivity contribution is 7.21. The number of thiophene rings is 1. The summed E-state index contributed by atoms with van der Waals surface area (Å²) in [6, 6.07) is 10.5. The van der Waals surface area contributed by atoms with Gasteiger partial charge in [-0.3, -0.25) is 9.69 Å². The molecule has 1 saturated carbocycles. The summed E-state index contributed by atoms with van der Waals surface area (Å²) >= 11 is 1.35. The fourth-order valence-electron chi connectivity index (χ4n) is 6.25. The third-order valence-corrected chi connectivity index (χ3v) is 9.67. The smallest absolute Gasteiger partial charge is 0.345 e. The Morgan fingerprint density at radius 3 is 2.45 bits per heavy atom. The first-order valence-electron chi connectivity index (χ1n) is 13.8. The van der Waals surface area contributed by atoms with Crippen molar-refractivity contribution in [3.05, 3.63) is 40.8 Å². The number of likely N-dealkylation sites (N-methyl/N-ethyl adjacent to an activating group) is 1. The van der Waals surface area contributed by atoms with Gasteiger partial charge in [0, 0.05) is 32.2 Å². The standard InChI is InChI=1S/C30H39N3O4S/c1-19(2)32-15-14-22(17-32)31(3)26(34)18-33-24-16-25(30(35)36)38-29(24)27(20-8-6-5-7-9-20)28(33)21-10-12-23(37-4)13-11-21/h10-13,16,19-20,22H,5-9,14-15,17-18H2,1-4H3,(H,35,36). The number of ether oxygens (including phenoxy) is 1. The van der Waals surface area contributed by atoms with Crippen LogP contribution in [0.3, 0.4) is 0 Å². The Morgan fingerprint density at radius 1 is 1.13 bits per heavy atom. The minimum atomic E-state index is -0.915. The van der Waals surface area contributed by atoms with Crippen molar-refractivity contribution in [1.82, 2.24) is 14.4 Å². The van der Waals surface area contributed by atoms with Crippen LogP contribution < -0.4 is 4.74 Å². The predicted octanol–water partition coefficient (Wildman–Crippen LogP) is 6.07. The maximum absolute atomic E-state index is 13.8. The van der Waals surface area contributed by atoms with Crippen LogP contribution in [0.2, 0.25) is 0 Å². The number of carboxylic acids is 1. The van der Waals surface area contributed by atoms with Gasteiger partial charge in [-0.05, 0) is 80.5 Å². The Balaban J connectivity index is 1.60. The lowest BCUT2D eigenvalue weighted by molar-refractivity contribution is -0.132. The third kappa shape index (κ3) is 5.08. The van der Waals surface area contributed by atoms with Gasteiger partial charge in [-0.25, -0.2) is 4.79 Å². The number of nitrogens with zero attached hydrogens (tertiary/aromatic N) is 3. The van der Waals surface area contributed by atoms with E-state index < -0.39 is 5.97 Å². The molecule has 8 heteroatoms. The van der Waals surface area contributed by atoms with Gasteiger partial charge in [-0.1, -0.05) is 19.3 Å². The molecule has 7 nitrogen and oxygen atoms in total. The van der Waals surface area contributed by atoms with Crippen LogP contribution in [-0.2, 0) is 11.3 Å². The van der Waals surface area contributed by atoms with E-state index in [4.69, 9.17) is 4.74 Å². The molecule has 0 radical (unpaired) electrons. The molecule has 1 aliphatic carbocycles. The second kappa shape index (κ2) is 11.1. The Labute approximate surface area is 229 Å². The number of carboxylic acid groups (broad SMARTS) is 1. The quantitative estimate of drug-likeness (QED) is 0.378. The van der Waals surface area contributed by atoms with Gasteiger partial charge in [-0.2, -0.15) is 0 Å². The van der Waals surface area contributed by atoms with Crippen LogP contribution in [0.15, 0.2) is 30.3 Å². The van der Waals surface area contributed by atoms with Crippen molar-refractivity contribution in [2.75, 3.05) is 27.2 Å². The van der Waals surface area contributed by atoms with E-state index in [2.05, 4.69) is 35.4 Å². The highest BCUT2D eigenvalue weighted by atomic mass is 32.1. The highest BCUT2D eigenvalue weighted by Crippen LogP contribution is 2.47. The second-order valence-electron chi connectivity index (χ2n) is 11.1. The minimum absolute atomic E-state index is 0.0607. The summed E-state index contributed by atoms with van der Waals surface area (Å²) < 4.78 is 8.52. The molecule has 2 aromatic heterocycles. The molecule has 2 fully saturated rings. The molecule has 1 amide bonds. The molecule has 0 bridgehead atoms. The number of carbonyl (C=O) groups excluding carboxylic acids is 1. The number of carbonyl (C=O) groups is 2. The molecule has 5 rings (SSSR count). The first-order valence-corrected chi connectivity index (χ1v) is 14.6. The zero-order valence-corrected chi connectivity index (χ0v) is 23.7. The van der Waals surface area contributed by atoms with Gasteiger partial charge in [0.05, 0.1) is 23.0 Å². The Bertz CT molecular complexity index is 1300. The largest absolute Gasteiger partial charge is 0.497 e. The molecule has 1 unspecified atom stereocenters. The average molecular weight is 538 g/mol. The summed E-state index contributed by atoms with van der Waals surface area (Å²) in [5.74, 6) is 0.284. The van der Waals surface area contributed by atoms with Crippen molar-refractivity contribution >= 4 is 33.4 Å². The van der Waals surface area contributed by atoms with Crippen LogP contribution in [0.25, 0.3) is 21.5 Å². The number of likely N-dealkylation sites (tertiary alicyclic amines) is 1. The van der Waals surface area contributed by atoms with Crippen LogP contribution >= 0.6 is 11.3 Å². The first kappa shape index (κ1) is 26.8. The molecule has 2 aliphatic rings. The van der Waals surface area contributed by atoms with E-state index in [0.717, 1.165) is 59.6 Å². The monoisotopic (exact) mass is 537 g/mol. The summed E-state index contributed by atoms with van der Waals surface area (Å²) in [4.78, 5) is 30.4. The molecule has 3 heterocycles. The minimum Gasteiger partial charge on any atom is -0.497 e. The summed E-state index contributed by atoms with van der Waals surface area (Å²) in [5.41, 5.74) is 4.16.